The van der Waals surface area contributed by atoms with E-state index in [0.29, 0.717) is 17.5 Å². The third-order valence-electron chi connectivity index (χ3n) is 2.98. The summed E-state index contributed by atoms with van der Waals surface area (Å²) in [5.41, 5.74) is 1.22. The molecule has 0 heterocycles. The first kappa shape index (κ1) is 13.1. The maximum atomic E-state index is 12.3. The lowest BCUT2D eigenvalue weighted by Gasteiger charge is -2.18. The van der Waals surface area contributed by atoms with Gasteiger partial charge in [-0.25, -0.2) is 0 Å². The first-order valence-corrected chi connectivity index (χ1v) is 6.11. The summed E-state index contributed by atoms with van der Waals surface area (Å²) in [6.07, 6.45) is 0. The zero-order chi connectivity index (χ0) is 14.0. The smallest absolute Gasteiger partial charge is 0.257 e. The third kappa shape index (κ3) is 2.60. The van der Waals surface area contributed by atoms with Crippen molar-refractivity contribution in [2.45, 2.75) is 6.92 Å². The number of fused-ring (bicyclic) bond motifs is 1. The predicted molar refractivity (Wildman–Crippen MR) is 77.4 cm³/mol. The average Bonchev–Trinajstić information content (AvgIpc) is 2.38. The molecule has 0 aromatic heterocycles. The van der Waals surface area contributed by atoms with Crippen LogP contribution >= 0.6 is 0 Å². The Morgan fingerprint density at radius 3 is 2.63 bits per heavy atom. The van der Waals surface area contributed by atoms with E-state index >= 15 is 0 Å². The fourth-order valence-electron chi connectivity index (χ4n) is 2.11. The van der Waals surface area contributed by atoms with Crippen LogP contribution in [0.3, 0.4) is 0 Å². The molecular formula is C16H17NO2. The van der Waals surface area contributed by atoms with Crippen LogP contribution in [0.2, 0.25) is 0 Å². The van der Waals surface area contributed by atoms with Gasteiger partial charge in [-0.05, 0) is 18.4 Å². The van der Waals surface area contributed by atoms with E-state index in [1.165, 1.54) is 0 Å². The maximum absolute atomic E-state index is 12.3. The summed E-state index contributed by atoms with van der Waals surface area (Å²) in [5, 5.41) is 11.8. The molecule has 1 N–H and O–H groups in total. The minimum absolute atomic E-state index is 0.0386. The van der Waals surface area contributed by atoms with Crippen molar-refractivity contribution in [2.24, 2.45) is 0 Å². The molecule has 0 saturated carbocycles. The molecule has 19 heavy (non-hydrogen) atoms. The van der Waals surface area contributed by atoms with E-state index < -0.39 is 0 Å². The molecule has 3 heteroatoms. The number of rotatable bonds is 3. The number of likely N-dealkylation sites (N-methyl/N-ethyl adjacent to an activating group) is 1. The maximum Gasteiger partial charge on any atom is 0.257 e. The molecule has 0 aliphatic carbocycles. The largest absolute Gasteiger partial charge is 0.506 e. The minimum Gasteiger partial charge on any atom is -0.506 e. The van der Waals surface area contributed by atoms with E-state index in [0.717, 1.165) is 11.0 Å². The number of phenolic OH excluding ortho intramolecular Hbond substituents is 1. The number of hydrogen-bond donors (Lipinski definition) is 1. The van der Waals surface area contributed by atoms with E-state index in [-0.39, 0.29) is 11.7 Å². The molecule has 0 saturated heterocycles. The molecule has 98 valence electrons. The summed E-state index contributed by atoms with van der Waals surface area (Å²) in [7, 11) is 1.70. The van der Waals surface area contributed by atoms with Gasteiger partial charge in [-0.1, -0.05) is 42.5 Å². The molecule has 0 bridgehead atoms. The number of carbonyl (C=O) groups is 1. The molecule has 2 aromatic rings. The van der Waals surface area contributed by atoms with Crippen molar-refractivity contribution in [2.75, 3.05) is 13.6 Å². The van der Waals surface area contributed by atoms with Gasteiger partial charge in [0.2, 0.25) is 0 Å². The number of amides is 1. The SMILES string of the molecule is C=C(C)CN(C)C(=O)c1ccc2ccccc2c1O. The van der Waals surface area contributed by atoms with E-state index in [2.05, 4.69) is 6.58 Å². The third-order valence-corrected chi connectivity index (χ3v) is 2.98. The first-order chi connectivity index (χ1) is 9.00. The zero-order valence-electron chi connectivity index (χ0n) is 11.2. The molecule has 0 fully saturated rings. The van der Waals surface area contributed by atoms with Crippen molar-refractivity contribution in [3.63, 3.8) is 0 Å². The highest BCUT2D eigenvalue weighted by Gasteiger charge is 2.17. The summed E-state index contributed by atoms with van der Waals surface area (Å²) < 4.78 is 0. The lowest BCUT2D eigenvalue weighted by Crippen LogP contribution is -2.28. The summed E-state index contributed by atoms with van der Waals surface area (Å²) >= 11 is 0. The van der Waals surface area contributed by atoms with Crippen molar-refractivity contribution in [1.29, 1.82) is 0 Å². The van der Waals surface area contributed by atoms with E-state index in [4.69, 9.17) is 0 Å². The van der Waals surface area contributed by atoms with Gasteiger partial charge in [0.25, 0.3) is 5.91 Å². The van der Waals surface area contributed by atoms with Crippen LogP contribution in [-0.2, 0) is 0 Å². The highest BCUT2D eigenvalue weighted by Crippen LogP contribution is 2.29. The standard InChI is InChI=1S/C16H17NO2/c1-11(2)10-17(3)16(19)14-9-8-12-6-4-5-7-13(12)15(14)18/h4-9,18H,1,10H2,2-3H3. The predicted octanol–water partition coefficient (Wildman–Crippen LogP) is 3.19. The number of hydrogen-bond acceptors (Lipinski definition) is 2. The highest BCUT2D eigenvalue weighted by molar-refractivity contribution is 6.03. The van der Waals surface area contributed by atoms with Gasteiger partial charge < -0.3 is 10.0 Å². The Balaban J connectivity index is 2.43. The number of phenols is 1. The molecule has 3 nitrogen and oxygen atoms in total. The zero-order valence-corrected chi connectivity index (χ0v) is 11.2. The summed E-state index contributed by atoms with van der Waals surface area (Å²) in [5.74, 6) is -0.164. The van der Waals surface area contributed by atoms with Gasteiger partial charge in [-0.15, -0.1) is 0 Å². The molecule has 0 aliphatic heterocycles. The van der Waals surface area contributed by atoms with Crippen molar-refractivity contribution in [3.8, 4) is 5.75 Å². The fourth-order valence-corrected chi connectivity index (χ4v) is 2.11. The fraction of sp³-hybridized carbons (Fsp3) is 0.188. The Morgan fingerprint density at radius 1 is 1.26 bits per heavy atom. The Hall–Kier alpha value is -2.29. The van der Waals surface area contributed by atoms with Crippen LogP contribution in [0.5, 0.6) is 5.75 Å². The van der Waals surface area contributed by atoms with Crippen molar-refractivity contribution >= 4 is 16.7 Å². The number of benzene rings is 2. The van der Waals surface area contributed by atoms with Crippen LogP contribution in [0.4, 0.5) is 0 Å². The Labute approximate surface area is 112 Å². The normalized spacial score (nSPS) is 10.4. The second kappa shape index (κ2) is 5.14. The van der Waals surface area contributed by atoms with Crippen molar-refractivity contribution < 1.29 is 9.90 Å². The van der Waals surface area contributed by atoms with Gasteiger partial charge in [0.15, 0.2) is 0 Å². The highest BCUT2D eigenvalue weighted by atomic mass is 16.3. The molecule has 0 spiro atoms. The number of carbonyl (C=O) groups excluding carboxylic acids is 1. The van der Waals surface area contributed by atoms with E-state index in [9.17, 15) is 9.90 Å². The van der Waals surface area contributed by atoms with Crippen LogP contribution < -0.4 is 0 Å². The van der Waals surface area contributed by atoms with Crippen molar-refractivity contribution in [3.05, 3.63) is 54.1 Å². The molecule has 0 aliphatic rings. The Bertz CT molecular complexity index is 646. The minimum atomic E-state index is -0.203. The van der Waals surface area contributed by atoms with Crippen LogP contribution in [0.15, 0.2) is 48.6 Å². The van der Waals surface area contributed by atoms with Gasteiger partial charge in [0.1, 0.15) is 5.75 Å². The molecule has 0 unspecified atom stereocenters. The molecule has 2 aromatic carbocycles. The average molecular weight is 255 g/mol. The van der Waals surface area contributed by atoms with Gasteiger partial charge in [-0.3, -0.25) is 4.79 Å². The van der Waals surface area contributed by atoms with E-state index in [1.54, 1.807) is 24.1 Å². The molecule has 0 atom stereocenters. The van der Waals surface area contributed by atoms with E-state index in [1.807, 2.05) is 31.2 Å². The molecule has 1 amide bonds. The number of aromatic hydroxyl groups is 1. The van der Waals surface area contributed by atoms with Gasteiger partial charge >= 0.3 is 0 Å². The Morgan fingerprint density at radius 2 is 1.95 bits per heavy atom. The molecule has 0 radical (unpaired) electrons. The van der Waals surface area contributed by atoms with Gasteiger partial charge in [-0.2, -0.15) is 0 Å². The Kier molecular flexibility index (Phi) is 3.56. The summed E-state index contributed by atoms with van der Waals surface area (Å²) in [6, 6.07) is 11.0. The van der Waals surface area contributed by atoms with Crippen molar-refractivity contribution in [1.82, 2.24) is 4.90 Å². The first-order valence-electron chi connectivity index (χ1n) is 6.11. The van der Waals surface area contributed by atoms with Crippen LogP contribution in [0, 0.1) is 0 Å². The summed E-state index contributed by atoms with van der Waals surface area (Å²) in [4.78, 5) is 13.8. The van der Waals surface area contributed by atoms with Gasteiger partial charge in [0, 0.05) is 19.0 Å². The van der Waals surface area contributed by atoms with Gasteiger partial charge in [0.05, 0.1) is 5.56 Å². The second-order valence-corrected chi connectivity index (χ2v) is 4.80. The molecule has 2 rings (SSSR count). The van der Waals surface area contributed by atoms with Crippen LogP contribution in [0.1, 0.15) is 17.3 Å². The lowest BCUT2D eigenvalue weighted by molar-refractivity contribution is 0.0804. The quantitative estimate of drug-likeness (QED) is 0.856. The monoisotopic (exact) mass is 255 g/mol. The lowest BCUT2D eigenvalue weighted by atomic mass is 10.0. The van der Waals surface area contributed by atoms with Crippen LogP contribution in [-0.4, -0.2) is 29.5 Å². The van der Waals surface area contributed by atoms with Crippen LogP contribution in [0.25, 0.3) is 10.8 Å². The molecular weight excluding hydrogens is 238 g/mol. The topological polar surface area (TPSA) is 40.5 Å². The summed E-state index contributed by atoms with van der Waals surface area (Å²) in [6.45, 7) is 6.13. The number of nitrogens with zero attached hydrogens (tertiary/aromatic N) is 1. The second-order valence-electron chi connectivity index (χ2n) is 4.80.